The van der Waals surface area contributed by atoms with Crippen LogP contribution in [0.4, 0.5) is 24.5 Å². The maximum Gasteiger partial charge on any atom is 0.516 e. The summed E-state index contributed by atoms with van der Waals surface area (Å²) in [5, 5.41) is 19.2. The van der Waals surface area contributed by atoms with Crippen LogP contribution in [0.5, 0.6) is 0 Å². The number of carboxylic acid groups (broad SMARTS) is 1. The lowest BCUT2D eigenvalue weighted by Crippen LogP contribution is -2.30. The Balaban J connectivity index is 3.39. The predicted molar refractivity (Wildman–Crippen MR) is 58.7 cm³/mol. The number of hydrogen-bond acceptors (Lipinski definition) is 5. The first kappa shape index (κ1) is 15.7. The zero-order valence-electron chi connectivity index (χ0n) is 9.21. The fourth-order valence-electron chi connectivity index (χ4n) is 1.12. The van der Waals surface area contributed by atoms with Crippen molar-refractivity contribution in [2.75, 3.05) is 4.72 Å². The number of aromatic carboxylic acids is 1. The van der Waals surface area contributed by atoms with Crippen molar-refractivity contribution < 1.29 is 36.4 Å². The summed E-state index contributed by atoms with van der Waals surface area (Å²) in [4.78, 5) is 20.2. The standard InChI is InChI=1S/C8H5F3N2O6S/c9-8(10,11)20(18,19)12-6-3-4(13(16)17)1-2-5(6)7(14)15/h1-3,12H,(H,14,15). The number of nitrogens with zero attached hydrogens (tertiary/aromatic N) is 1. The predicted octanol–water partition coefficient (Wildman–Crippen LogP) is 1.55. The first-order valence-corrected chi connectivity index (χ1v) is 6.05. The van der Waals surface area contributed by atoms with Crippen molar-refractivity contribution in [3.05, 3.63) is 33.9 Å². The zero-order valence-corrected chi connectivity index (χ0v) is 10.0. The summed E-state index contributed by atoms with van der Waals surface area (Å²) in [7, 11) is -5.89. The molecule has 1 aromatic carbocycles. The van der Waals surface area contributed by atoms with Crippen LogP contribution < -0.4 is 4.72 Å². The van der Waals surface area contributed by atoms with Crippen LogP contribution in [0.1, 0.15) is 10.4 Å². The zero-order chi connectivity index (χ0) is 15.7. The van der Waals surface area contributed by atoms with E-state index in [1.54, 1.807) is 0 Å². The highest BCUT2D eigenvalue weighted by Crippen LogP contribution is 2.29. The van der Waals surface area contributed by atoms with Crippen LogP contribution >= 0.6 is 0 Å². The number of carbonyl (C=O) groups is 1. The van der Waals surface area contributed by atoms with E-state index in [0.29, 0.717) is 12.1 Å². The highest BCUT2D eigenvalue weighted by Gasteiger charge is 2.46. The van der Waals surface area contributed by atoms with Gasteiger partial charge < -0.3 is 5.11 Å². The van der Waals surface area contributed by atoms with Crippen LogP contribution in [-0.2, 0) is 10.0 Å². The minimum atomic E-state index is -5.89. The van der Waals surface area contributed by atoms with Crippen molar-refractivity contribution in [3.63, 3.8) is 0 Å². The van der Waals surface area contributed by atoms with Gasteiger partial charge in [0.1, 0.15) is 0 Å². The Hall–Kier alpha value is -2.37. The molecule has 0 aliphatic heterocycles. The molecule has 1 rings (SSSR count). The van der Waals surface area contributed by atoms with Crippen molar-refractivity contribution in [3.8, 4) is 0 Å². The number of benzene rings is 1. The number of sulfonamides is 1. The molecule has 0 amide bonds. The molecule has 20 heavy (non-hydrogen) atoms. The van der Waals surface area contributed by atoms with Crippen molar-refractivity contribution in [1.82, 2.24) is 0 Å². The second-order valence-electron chi connectivity index (χ2n) is 3.34. The molecule has 0 radical (unpaired) electrons. The first-order valence-electron chi connectivity index (χ1n) is 4.56. The highest BCUT2D eigenvalue weighted by atomic mass is 32.2. The lowest BCUT2D eigenvalue weighted by atomic mass is 10.1. The van der Waals surface area contributed by atoms with Gasteiger partial charge >= 0.3 is 21.5 Å². The molecule has 8 nitrogen and oxygen atoms in total. The molecule has 0 fully saturated rings. The van der Waals surface area contributed by atoms with Crippen molar-refractivity contribution >= 4 is 27.4 Å². The van der Waals surface area contributed by atoms with Crippen molar-refractivity contribution in [2.45, 2.75) is 5.51 Å². The molecule has 0 bridgehead atoms. The van der Waals surface area contributed by atoms with Gasteiger partial charge in [-0.2, -0.15) is 21.6 Å². The van der Waals surface area contributed by atoms with E-state index in [1.165, 1.54) is 0 Å². The van der Waals surface area contributed by atoms with Gasteiger partial charge in [-0.25, -0.2) is 4.79 Å². The Morgan fingerprint density at radius 1 is 1.35 bits per heavy atom. The Bertz CT molecular complexity index is 669. The molecular formula is C8H5F3N2O6S. The second-order valence-corrected chi connectivity index (χ2v) is 5.02. The monoisotopic (exact) mass is 314 g/mol. The number of halogens is 3. The Kier molecular flexibility index (Phi) is 3.89. The van der Waals surface area contributed by atoms with E-state index in [2.05, 4.69) is 0 Å². The van der Waals surface area contributed by atoms with Gasteiger partial charge in [0.2, 0.25) is 0 Å². The minimum absolute atomic E-state index is 0.382. The molecule has 0 atom stereocenters. The summed E-state index contributed by atoms with van der Waals surface area (Å²) in [5.41, 5.74) is -8.37. The first-order chi connectivity index (χ1) is 8.95. The quantitative estimate of drug-likeness (QED) is 0.641. The average molecular weight is 314 g/mol. The Morgan fingerprint density at radius 2 is 1.90 bits per heavy atom. The number of nitro benzene ring substituents is 1. The van der Waals surface area contributed by atoms with E-state index >= 15 is 0 Å². The minimum Gasteiger partial charge on any atom is -0.478 e. The normalized spacial score (nSPS) is 11.9. The van der Waals surface area contributed by atoms with Gasteiger partial charge in [-0.05, 0) is 6.07 Å². The number of anilines is 1. The van der Waals surface area contributed by atoms with Crippen LogP contribution in [0.15, 0.2) is 18.2 Å². The van der Waals surface area contributed by atoms with E-state index in [4.69, 9.17) is 5.11 Å². The van der Waals surface area contributed by atoms with E-state index in [9.17, 15) is 36.5 Å². The van der Waals surface area contributed by atoms with Gasteiger partial charge in [0.05, 0.1) is 16.2 Å². The number of rotatable bonds is 4. The van der Waals surface area contributed by atoms with Crippen LogP contribution in [0.3, 0.4) is 0 Å². The average Bonchev–Trinajstić information content (AvgIpc) is 2.26. The molecule has 0 aromatic heterocycles. The molecule has 0 heterocycles. The molecule has 12 heteroatoms. The van der Waals surface area contributed by atoms with Crippen molar-refractivity contribution in [2.24, 2.45) is 0 Å². The van der Waals surface area contributed by atoms with Gasteiger partial charge in [-0.1, -0.05) is 0 Å². The third kappa shape index (κ3) is 3.14. The van der Waals surface area contributed by atoms with E-state index in [1.807, 2.05) is 0 Å². The van der Waals surface area contributed by atoms with E-state index in [0.717, 1.165) is 10.8 Å². The Morgan fingerprint density at radius 3 is 2.30 bits per heavy atom. The summed E-state index contributed by atoms with van der Waals surface area (Å²) in [5.74, 6) is -1.75. The molecule has 2 N–H and O–H groups in total. The summed E-state index contributed by atoms with van der Waals surface area (Å²) in [6, 6.07) is 1.72. The van der Waals surface area contributed by atoms with Crippen molar-refractivity contribution in [1.29, 1.82) is 0 Å². The molecule has 0 aliphatic rings. The Labute approximate surface area is 109 Å². The molecule has 0 spiro atoms. The molecule has 0 unspecified atom stereocenters. The summed E-state index contributed by atoms with van der Waals surface area (Å²) in [6.45, 7) is 0. The number of carboxylic acids is 1. The number of alkyl halides is 3. The van der Waals surface area contributed by atoms with Crippen LogP contribution in [-0.4, -0.2) is 29.9 Å². The van der Waals surface area contributed by atoms with Crippen LogP contribution in [0.25, 0.3) is 0 Å². The summed E-state index contributed by atoms with van der Waals surface area (Å²) >= 11 is 0. The molecule has 0 aliphatic carbocycles. The fourth-order valence-corrected chi connectivity index (χ4v) is 1.69. The number of hydrogen-bond donors (Lipinski definition) is 2. The third-order valence-corrected chi connectivity index (χ3v) is 3.09. The van der Waals surface area contributed by atoms with Crippen LogP contribution in [0.2, 0.25) is 0 Å². The summed E-state index contributed by atoms with van der Waals surface area (Å²) < 4.78 is 59.3. The number of nitrogens with one attached hydrogen (secondary N) is 1. The molecule has 0 saturated carbocycles. The maximum atomic E-state index is 12.2. The smallest absolute Gasteiger partial charge is 0.478 e. The third-order valence-electron chi connectivity index (χ3n) is 1.99. The lowest BCUT2D eigenvalue weighted by molar-refractivity contribution is -0.384. The van der Waals surface area contributed by atoms with E-state index in [-0.39, 0.29) is 0 Å². The van der Waals surface area contributed by atoms with Gasteiger partial charge in [0.15, 0.2) is 0 Å². The fraction of sp³-hybridized carbons (Fsp3) is 0.125. The number of nitro groups is 1. The molecular weight excluding hydrogens is 309 g/mol. The topological polar surface area (TPSA) is 127 Å². The number of non-ortho nitro benzene ring substituents is 1. The van der Waals surface area contributed by atoms with Gasteiger partial charge in [0.25, 0.3) is 5.69 Å². The lowest BCUT2D eigenvalue weighted by Gasteiger charge is -2.12. The highest BCUT2D eigenvalue weighted by molar-refractivity contribution is 7.93. The maximum absolute atomic E-state index is 12.2. The molecule has 0 saturated heterocycles. The van der Waals surface area contributed by atoms with Gasteiger partial charge in [-0.15, -0.1) is 0 Å². The largest absolute Gasteiger partial charge is 0.516 e. The van der Waals surface area contributed by atoms with Crippen LogP contribution in [0, 0.1) is 10.1 Å². The summed E-state index contributed by atoms with van der Waals surface area (Å²) in [6.07, 6.45) is 0. The van der Waals surface area contributed by atoms with Gasteiger partial charge in [-0.3, -0.25) is 14.8 Å². The second kappa shape index (κ2) is 4.96. The molecule has 1 aromatic rings. The van der Waals surface area contributed by atoms with Gasteiger partial charge in [0, 0.05) is 12.1 Å². The SMILES string of the molecule is O=C(O)c1ccc([N+](=O)[O-])cc1NS(=O)(=O)C(F)(F)F. The van der Waals surface area contributed by atoms with E-state index < -0.39 is 43.4 Å². The molecule has 110 valence electrons.